The van der Waals surface area contributed by atoms with Gasteiger partial charge in [-0.2, -0.15) is 0 Å². The van der Waals surface area contributed by atoms with E-state index < -0.39 is 0 Å². The van der Waals surface area contributed by atoms with Crippen LogP contribution in [0.15, 0.2) is 29.3 Å². The Bertz CT molecular complexity index is 490. The second-order valence-corrected chi connectivity index (χ2v) is 6.01. The van der Waals surface area contributed by atoms with Crippen molar-refractivity contribution >= 4 is 11.9 Å². The summed E-state index contributed by atoms with van der Waals surface area (Å²) in [6.45, 7) is 7.42. The molecule has 0 aliphatic heterocycles. The molecule has 0 fully saturated rings. The Morgan fingerprint density at radius 3 is 2.36 bits per heavy atom. The minimum Gasteiger partial charge on any atom is -0.370 e. The van der Waals surface area contributed by atoms with Crippen LogP contribution < -0.4 is 16.8 Å². The summed E-state index contributed by atoms with van der Waals surface area (Å²) in [4.78, 5) is 16.0. The molecule has 0 heterocycles. The van der Waals surface area contributed by atoms with Gasteiger partial charge in [0.05, 0.1) is 5.92 Å². The topological polar surface area (TPSA) is 93.5 Å². The van der Waals surface area contributed by atoms with E-state index in [1.54, 1.807) is 0 Å². The smallest absolute Gasteiger partial charge is 0.227 e. The number of nitrogens with zero attached hydrogens (tertiary/aromatic N) is 1. The minimum absolute atomic E-state index is 0.0290. The van der Waals surface area contributed by atoms with E-state index in [1.165, 1.54) is 5.56 Å². The Morgan fingerprint density at radius 1 is 1.18 bits per heavy atom. The Hall–Kier alpha value is -2.04. The van der Waals surface area contributed by atoms with E-state index in [4.69, 9.17) is 11.5 Å². The third kappa shape index (κ3) is 6.61. The highest BCUT2D eigenvalue weighted by Gasteiger charge is 2.14. The number of nitrogens with two attached hydrogens (primary N) is 2. The molecular formula is C17H28N4O. The van der Waals surface area contributed by atoms with Gasteiger partial charge in [-0.25, -0.2) is 0 Å². The number of carbonyl (C=O) groups is 1. The molecule has 1 aromatic rings. The number of benzene rings is 1. The first-order valence-corrected chi connectivity index (χ1v) is 7.82. The van der Waals surface area contributed by atoms with Gasteiger partial charge in [0.15, 0.2) is 5.96 Å². The normalized spacial score (nSPS) is 12.0. The summed E-state index contributed by atoms with van der Waals surface area (Å²) in [5, 5.41) is 2.91. The monoisotopic (exact) mass is 304 g/mol. The molecule has 0 radical (unpaired) electrons. The molecule has 1 amide bonds. The zero-order valence-corrected chi connectivity index (χ0v) is 13.8. The predicted octanol–water partition coefficient (Wildman–Crippen LogP) is 1.77. The summed E-state index contributed by atoms with van der Waals surface area (Å²) in [5.74, 6) is 0.593. The number of guanidine groups is 1. The maximum atomic E-state index is 12.1. The van der Waals surface area contributed by atoms with E-state index in [-0.39, 0.29) is 17.8 Å². The maximum Gasteiger partial charge on any atom is 0.227 e. The lowest BCUT2D eigenvalue weighted by Gasteiger charge is -2.13. The first-order valence-electron chi connectivity index (χ1n) is 7.82. The van der Waals surface area contributed by atoms with Crippen LogP contribution in [-0.2, 0) is 11.2 Å². The number of nitrogens with one attached hydrogen (secondary N) is 1. The van der Waals surface area contributed by atoms with E-state index in [0.717, 1.165) is 18.4 Å². The van der Waals surface area contributed by atoms with Crippen LogP contribution in [0.5, 0.6) is 0 Å². The van der Waals surface area contributed by atoms with Gasteiger partial charge in [0, 0.05) is 13.1 Å². The van der Waals surface area contributed by atoms with Gasteiger partial charge in [0.2, 0.25) is 5.91 Å². The second-order valence-electron chi connectivity index (χ2n) is 6.01. The number of hydrogen-bond donors (Lipinski definition) is 3. The van der Waals surface area contributed by atoms with E-state index >= 15 is 0 Å². The van der Waals surface area contributed by atoms with E-state index in [9.17, 15) is 4.79 Å². The molecule has 0 saturated heterocycles. The molecule has 0 aliphatic carbocycles. The molecule has 1 rings (SSSR count). The summed E-state index contributed by atoms with van der Waals surface area (Å²) in [7, 11) is 0. The fourth-order valence-corrected chi connectivity index (χ4v) is 2.22. The van der Waals surface area contributed by atoms with E-state index in [1.807, 2.05) is 19.1 Å². The predicted molar refractivity (Wildman–Crippen MR) is 91.7 cm³/mol. The van der Waals surface area contributed by atoms with Crippen molar-refractivity contribution in [1.29, 1.82) is 0 Å². The molecule has 0 aliphatic rings. The minimum atomic E-state index is -0.156. The largest absolute Gasteiger partial charge is 0.370 e. The van der Waals surface area contributed by atoms with Crippen LogP contribution in [0.25, 0.3) is 0 Å². The highest BCUT2D eigenvalue weighted by molar-refractivity contribution is 5.83. The third-order valence-electron chi connectivity index (χ3n) is 3.45. The number of aliphatic imine (C=N–C) groups is 1. The summed E-state index contributed by atoms with van der Waals surface area (Å²) >= 11 is 0. The molecule has 1 atom stereocenters. The highest BCUT2D eigenvalue weighted by Crippen LogP contribution is 2.17. The average Bonchev–Trinajstić information content (AvgIpc) is 2.45. The van der Waals surface area contributed by atoms with Gasteiger partial charge in [-0.05, 0) is 36.8 Å². The van der Waals surface area contributed by atoms with E-state index in [0.29, 0.717) is 19.0 Å². The molecule has 0 spiro atoms. The summed E-state index contributed by atoms with van der Waals surface area (Å²) < 4.78 is 0. The highest BCUT2D eigenvalue weighted by atomic mass is 16.1. The Labute approximate surface area is 133 Å². The molecular weight excluding hydrogens is 276 g/mol. The van der Waals surface area contributed by atoms with Crippen molar-refractivity contribution in [3.05, 3.63) is 35.4 Å². The quantitative estimate of drug-likeness (QED) is 0.388. The zero-order chi connectivity index (χ0) is 16.5. The fourth-order valence-electron chi connectivity index (χ4n) is 2.22. The van der Waals surface area contributed by atoms with Crippen molar-refractivity contribution in [2.75, 3.05) is 13.1 Å². The average molecular weight is 304 g/mol. The Kier molecular flexibility index (Phi) is 7.43. The van der Waals surface area contributed by atoms with Gasteiger partial charge in [0.25, 0.3) is 0 Å². The van der Waals surface area contributed by atoms with Gasteiger partial charge >= 0.3 is 0 Å². The molecule has 5 nitrogen and oxygen atoms in total. The molecule has 122 valence electrons. The first-order chi connectivity index (χ1) is 10.4. The van der Waals surface area contributed by atoms with Crippen LogP contribution in [0.3, 0.4) is 0 Å². The van der Waals surface area contributed by atoms with Crippen LogP contribution in [0.4, 0.5) is 0 Å². The lowest BCUT2D eigenvalue weighted by molar-refractivity contribution is -0.122. The van der Waals surface area contributed by atoms with Crippen molar-refractivity contribution in [3.63, 3.8) is 0 Å². The van der Waals surface area contributed by atoms with Crippen molar-refractivity contribution < 1.29 is 4.79 Å². The number of hydrogen-bond acceptors (Lipinski definition) is 2. The number of carbonyl (C=O) groups excluding carboxylic acids is 1. The van der Waals surface area contributed by atoms with Crippen LogP contribution in [0, 0.1) is 5.92 Å². The van der Waals surface area contributed by atoms with Crippen LogP contribution in [0.1, 0.15) is 44.2 Å². The Balaban J connectivity index is 2.44. The summed E-state index contributed by atoms with van der Waals surface area (Å²) in [6, 6.07) is 8.30. The van der Waals surface area contributed by atoms with Crippen molar-refractivity contribution in [3.8, 4) is 0 Å². The maximum absolute atomic E-state index is 12.1. The molecule has 0 unspecified atom stereocenters. The van der Waals surface area contributed by atoms with Crippen molar-refractivity contribution in [2.45, 2.75) is 39.5 Å². The van der Waals surface area contributed by atoms with Gasteiger partial charge < -0.3 is 16.8 Å². The molecule has 22 heavy (non-hydrogen) atoms. The lowest BCUT2D eigenvalue weighted by atomic mass is 9.96. The molecule has 0 aromatic heterocycles. The molecule has 5 heteroatoms. The fraction of sp³-hybridized carbons (Fsp3) is 0.529. The molecule has 0 saturated carbocycles. The van der Waals surface area contributed by atoms with Gasteiger partial charge in [-0.1, -0.05) is 38.1 Å². The second kappa shape index (κ2) is 9.07. The SMILES string of the molecule is CC(C)Cc1ccc([C@@H](C)C(=O)NCCCN=C(N)N)cc1. The van der Waals surface area contributed by atoms with Crippen LogP contribution in [-0.4, -0.2) is 25.0 Å². The number of amides is 1. The van der Waals surface area contributed by atoms with E-state index in [2.05, 4.69) is 36.3 Å². The van der Waals surface area contributed by atoms with Crippen molar-refractivity contribution in [1.82, 2.24) is 5.32 Å². The summed E-state index contributed by atoms with van der Waals surface area (Å²) in [6.07, 6.45) is 1.79. The molecule has 0 bridgehead atoms. The standard InChI is InChI=1S/C17H28N4O/c1-12(2)11-14-5-7-15(8-6-14)13(3)16(22)20-9-4-10-21-17(18)19/h5-8,12-13H,4,9-11H2,1-3H3,(H,20,22)(H4,18,19,21)/t13-/m1/s1. The Morgan fingerprint density at radius 2 is 1.82 bits per heavy atom. The first kappa shape index (κ1) is 18.0. The molecule has 1 aromatic carbocycles. The summed E-state index contributed by atoms with van der Waals surface area (Å²) in [5.41, 5.74) is 12.8. The van der Waals surface area contributed by atoms with Gasteiger partial charge in [0.1, 0.15) is 0 Å². The van der Waals surface area contributed by atoms with Gasteiger partial charge in [-0.3, -0.25) is 9.79 Å². The molecule has 5 N–H and O–H groups in total. The van der Waals surface area contributed by atoms with Crippen molar-refractivity contribution in [2.24, 2.45) is 22.4 Å². The lowest BCUT2D eigenvalue weighted by Crippen LogP contribution is -2.29. The third-order valence-corrected chi connectivity index (χ3v) is 3.45. The van der Waals surface area contributed by atoms with Gasteiger partial charge in [-0.15, -0.1) is 0 Å². The van der Waals surface area contributed by atoms with Crippen LogP contribution in [0.2, 0.25) is 0 Å². The zero-order valence-electron chi connectivity index (χ0n) is 13.8. The van der Waals surface area contributed by atoms with Crippen LogP contribution >= 0.6 is 0 Å². The number of rotatable bonds is 8.